The molecule has 1 atom stereocenters. The third-order valence-electron chi connectivity index (χ3n) is 2.52. The van der Waals surface area contributed by atoms with Crippen LogP contribution < -0.4 is 10.1 Å². The lowest BCUT2D eigenvalue weighted by molar-refractivity contribution is -0.121. The molecular formula is C13H18FNO2. The van der Waals surface area contributed by atoms with Crippen LogP contribution in [0.1, 0.15) is 38.3 Å². The van der Waals surface area contributed by atoms with E-state index in [0.717, 1.165) is 6.42 Å². The van der Waals surface area contributed by atoms with Crippen LogP contribution in [0.15, 0.2) is 18.2 Å². The van der Waals surface area contributed by atoms with E-state index in [2.05, 4.69) is 5.32 Å². The maximum Gasteiger partial charge on any atom is 0.220 e. The highest BCUT2D eigenvalue weighted by Gasteiger charge is 2.17. The standard InChI is InChI=1S/C13H18FNO2/c1-4-6-12(16)15-9(2)13-10(14)7-5-8-11(13)17-3/h5,7-9H,4,6H2,1-3H3,(H,15,16)/t9-/m0/s1. The molecule has 0 aliphatic carbocycles. The van der Waals surface area contributed by atoms with Crippen LogP contribution in [0.5, 0.6) is 5.75 Å². The van der Waals surface area contributed by atoms with Gasteiger partial charge in [0, 0.05) is 6.42 Å². The highest BCUT2D eigenvalue weighted by molar-refractivity contribution is 5.76. The molecule has 1 aromatic carbocycles. The van der Waals surface area contributed by atoms with E-state index in [-0.39, 0.29) is 11.7 Å². The Kier molecular flexibility index (Phi) is 4.94. The average Bonchev–Trinajstić information content (AvgIpc) is 2.28. The molecule has 3 nitrogen and oxygen atoms in total. The smallest absolute Gasteiger partial charge is 0.220 e. The third kappa shape index (κ3) is 3.44. The second kappa shape index (κ2) is 6.23. The SMILES string of the molecule is CCCC(=O)N[C@@H](C)c1c(F)cccc1OC. The zero-order chi connectivity index (χ0) is 12.8. The molecule has 1 aromatic rings. The van der Waals surface area contributed by atoms with E-state index in [1.807, 2.05) is 6.92 Å². The van der Waals surface area contributed by atoms with Crippen LogP contribution in [0.25, 0.3) is 0 Å². The summed E-state index contributed by atoms with van der Waals surface area (Å²) in [5.41, 5.74) is 0.388. The van der Waals surface area contributed by atoms with Gasteiger partial charge in [-0.05, 0) is 25.5 Å². The normalized spacial score (nSPS) is 12.0. The fourth-order valence-electron chi connectivity index (χ4n) is 1.73. The number of carbonyl (C=O) groups excluding carboxylic acids is 1. The van der Waals surface area contributed by atoms with Crippen molar-refractivity contribution in [1.29, 1.82) is 0 Å². The number of rotatable bonds is 5. The molecule has 0 aromatic heterocycles. The van der Waals surface area contributed by atoms with Gasteiger partial charge in [-0.15, -0.1) is 0 Å². The molecule has 1 amide bonds. The molecule has 4 heteroatoms. The van der Waals surface area contributed by atoms with Crippen molar-refractivity contribution in [2.24, 2.45) is 0 Å². The first-order valence-corrected chi connectivity index (χ1v) is 5.71. The number of amides is 1. The molecule has 0 bridgehead atoms. The highest BCUT2D eigenvalue weighted by Crippen LogP contribution is 2.27. The molecule has 0 heterocycles. The van der Waals surface area contributed by atoms with Crippen LogP contribution in [-0.2, 0) is 4.79 Å². The first-order chi connectivity index (χ1) is 8.10. The van der Waals surface area contributed by atoms with Gasteiger partial charge in [-0.25, -0.2) is 4.39 Å². The summed E-state index contributed by atoms with van der Waals surface area (Å²) in [5.74, 6) is 0.00764. The maximum absolute atomic E-state index is 13.7. The number of hydrogen-bond donors (Lipinski definition) is 1. The fourth-order valence-corrected chi connectivity index (χ4v) is 1.73. The summed E-state index contributed by atoms with van der Waals surface area (Å²) < 4.78 is 18.8. The number of hydrogen-bond acceptors (Lipinski definition) is 2. The van der Waals surface area contributed by atoms with Crippen molar-refractivity contribution in [1.82, 2.24) is 5.32 Å². The van der Waals surface area contributed by atoms with Crippen LogP contribution in [0.3, 0.4) is 0 Å². The lowest BCUT2D eigenvalue weighted by Crippen LogP contribution is -2.27. The lowest BCUT2D eigenvalue weighted by atomic mass is 10.1. The predicted molar refractivity (Wildman–Crippen MR) is 64.4 cm³/mol. The topological polar surface area (TPSA) is 38.3 Å². The lowest BCUT2D eigenvalue weighted by Gasteiger charge is -2.17. The van der Waals surface area contributed by atoms with Crippen LogP contribution in [0.2, 0.25) is 0 Å². The monoisotopic (exact) mass is 239 g/mol. The summed E-state index contributed by atoms with van der Waals surface area (Å²) in [7, 11) is 1.48. The second-order valence-corrected chi connectivity index (χ2v) is 3.89. The molecule has 0 radical (unpaired) electrons. The van der Waals surface area contributed by atoms with E-state index in [0.29, 0.717) is 17.7 Å². The molecule has 1 rings (SSSR count). The van der Waals surface area contributed by atoms with Crippen LogP contribution >= 0.6 is 0 Å². The number of halogens is 1. The fraction of sp³-hybridized carbons (Fsp3) is 0.462. The molecule has 0 aliphatic rings. The quantitative estimate of drug-likeness (QED) is 0.858. The minimum atomic E-state index is -0.398. The zero-order valence-corrected chi connectivity index (χ0v) is 10.4. The Morgan fingerprint density at radius 2 is 2.24 bits per heavy atom. The molecule has 17 heavy (non-hydrogen) atoms. The molecular weight excluding hydrogens is 221 g/mol. The minimum absolute atomic E-state index is 0.0784. The van der Waals surface area contributed by atoms with Crippen molar-refractivity contribution in [3.05, 3.63) is 29.6 Å². The number of carbonyl (C=O) groups is 1. The molecule has 0 unspecified atom stereocenters. The van der Waals surface area contributed by atoms with E-state index < -0.39 is 6.04 Å². The van der Waals surface area contributed by atoms with Gasteiger partial charge in [0.15, 0.2) is 0 Å². The van der Waals surface area contributed by atoms with Gasteiger partial charge >= 0.3 is 0 Å². The summed E-state index contributed by atoms with van der Waals surface area (Å²) in [6, 6.07) is 4.23. The van der Waals surface area contributed by atoms with Gasteiger partial charge in [0.1, 0.15) is 11.6 Å². The van der Waals surface area contributed by atoms with Crippen LogP contribution in [0, 0.1) is 5.82 Å². The summed E-state index contributed by atoms with van der Waals surface area (Å²) >= 11 is 0. The summed E-state index contributed by atoms with van der Waals surface area (Å²) in [6.45, 7) is 3.67. The summed E-state index contributed by atoms with van der Waals surface area (Å²) in [6.07, 6.45) is 1.22. The Morgan fingerprint density at radius 1 is 1.53 bits per heavy atom. The molecule has 0 saturated heterocycles. The van der Waals surface area contributed by atoms with Crippen molar-refractivity contribution in [3.63, 3.8) is 0 Å². The Morgan fingerprint density at radius 3 is 2.82 bits per heavy atom. The van der Waals surface area contributed by atoms with Crippen molar-refractivity contribution in [2.75, 3.05) is 7.11 Å². The maximum atomic E-state index is 13.7. The first kappa shape index (κ1) is 13.5. The van der Waals surface area contributed by atoms with Crippen molar-refractivity contribution < 1.29 is 13.9 Å². The van der Waals surface area contributed by atoms with Gasteiger partial charge in [-0.3, -0.25) is 4.79 Å². The number of ether oxygens (including phenoxy) is 1. The van der Waals surface area contributed by atoms with Gasteiger partial charge in [-0.2, -0.15) is 0 Å². The summed E-state index contributed by atoms with van der Waals surface area (Å²) in [4.78, 5) is 11.5. The Hall–Kier alpha value is -1.58. The van der Waals surface area contributed by atoms with Gasteiger partial charge in [0.05, 0.1) is 18.7 Å². The van der Waals surface area contributed by atoms with E-state index in [9.17, 15) is 9.18 Å². The molecule has 0 aliphatic heterocycles. The Balaban J connectivity index is 2.87. The minimum Gasteiger partial charge on any atom is -0.496 e. The average molecular weight is 239 g/mol. The van der Waals surface area contributed by atoms with Gasteiger partial charge in [-0.1, -0.05) is 13.0 Å². The molecule has 0 fully saturated rings. The van der Waals surface area contributed by atoms with Gasteiger partial charge < -0.3 is 10.1 Å². The van der Waals surface area contributed by atoms with Crippen LogP contribution in [0.4, 0.5) is 4.39 Å². The molecule has 1 N–H and O–H groups in total. The van der Waals surface area contributed by atoms with E-state index >= 15 is 0 Å². The molecule has 94 valence electrons. The van der Waals surface area contributed by atoms with Crippen molar-refractivity contribution in [3.8, 4) is 5.75 Å². The van der Waals surface area contributed by atoms with E-state index in [4.69, 9.17) is 4.74 Å². The van der Waals surface area contributed by atoms with Gasteiger partial charge in [0.25, 0.3) is 0 Å². The van der Waals surface area contributed by atoms with E-state index in [1.165, 1.54) is 13.2 Å². The molecule has 0 saturated carbocycles. The largest absolute Gasteiger partial charge is 0.496 e. The highest BCUT2D eigenvalue weighted by atomic mass is 19.1. The van der Waals surface area contributed by atoms with Crippen molar-refractivity contribution >= 4 is 5.91 Å². The van der Waals surface area contributed by atoms with Crippen molar-refractivity contribution in [2.45, 2.75) is 32.7 Å². The number of benzene rings is 1. The predicted octanol–water partition coefficient (Wildman–Crippen LogP) is 2.81. The Labute approximate surface area is 101 Å². The first-order valence-electron chi connectivity index (χ1n) is 5.71. The zero-order valence-electron chi connectivity index (χ0n) is 10.4. The summed E-state index contributed by atoms with van der Waals surface area (Å²) in [5, 5.41) is 2.75. The van der Waals surface area contributed by atoms with E-state index in [1.54, 1.807) is 19.1 Å². The second-order valence-electron chi connectivity index (χ2n) is 3.89. The molecule has 0 spiro atoms. The Bertz CT molecular complexity index is 393. The third-order valence-corrected chi connectivity index (χ3v) is 2.52. The van der Waals surface area contributed by atoms with Gasteiger partial charge in [0.2, 0.25) is 5.91 Å². The van der Waals surface area contributed by atoms with Crippen LogP contribution in [-0.4, -0.2) is 13.0 Å². The number of methoxy groups -OCH3 is 1. The number of nitrogens with one attached hydrogen (secondary N) is 1.